The smallest absolute Gasteiger partial charge is 0.329 e. The maximum absolute atomic E-state index is 12.2. The molecule has 1 aliphatic carbocycles. The van der Waals surface area contributed by atoms with E-state index >= 15 is 0 Å². The minimum atomic E-state index is -1.13. The van der Waals surface area contributed by atoms with Crippen LogP contribution < -0.4 is 11.1 Å². The second-order valence-electron chi connectivity index (χ2n) is 7.07. The molecule has 5 heteroatoms. The maximum Gasteiger partial charge on any atom is 0.329 e. The number of aliphatic carboxylic acids is 1. The monoisotopic (exact) mass is 284 g/mol. The molecule has 20 heavy (non-hydrogen) atoms. The number of nitrogens with one attached hydrogen (secondary N) is 1. The van der Waals surface area contributed by atoms with Gasteiger partial charge in [0.25, 0.3) is 0 Å². The molecular formula is C15H28N2O3. The molecule has 1 fully saturated rings. The Morgan fingerprint density at radius 2 is 1.85 bits per heavy atom. The van der Waals surface area contributed by atoms with Gasteiger partial charge in [0.05, 0.1) is 6.04 Å². The largest absolute Gasteiger partial charge is 0.480 e. The minimum absolute atomic E-state index is 0.366. The van der Waals surface area contributed by atoms with Crippen LogP contribution in [0.4, 0.5) is 0 Å². The van der Waals surface area contributed by atoms with E-state index in [1.165, 1.54) is 0 Å². The van der Waals surface area contributed by atoms with Gasteiger partial charge in [-0.05, 0) is 37.0 Å². The van der Waals surface area contributed by atoms with Crippen LogP contribution in [0.2, 0.25) is 0 Å². The average Bonchev–Trinajstić information content (AvgIpc) is 2.37. The van der Waals surface area contributed by atoms with Crippen LogP contribution in [0.25, 0.3) is 0 Å². The summed E-state index contributed by atoms with van der Waals surface area (Å²) in [6.45, 7) is 7.74. The number of hydrogen-bond donors (Lipinski definition) is 3. The molecule has 0 heterocycles. The van der Waals surface area contributed by atoms with Crippen molar-refractivity contribution < 1.29 is 14.7 Å². The first kappa shape index (κ1) is 17.0. The van der Waals surface area contributed by atoms with Gasteiger partial charge in [0, 0.05) is 0 Å². The summed E-state index contributed by atoms with van der Waals surface area (Å²) in [5.41, 5.74) is 4.40. The fourth-order valence-corrected chi connectivity index (χ4v) is 2.68. The average molecular weight is 284 g/mol. The van der Waals surface area contributed by atoms with Gasteiger partial charge in [-0.1, -0.05) is 34.1 Å². The highest BCUT2D eigenvalue weighted by Crippen LogP contribution is 2.34. The molecule has 5 nitrogen and oxygen atoms in total. The Balaban J connectivity index is 2.79. The summed E-state index contributed by atoms with van der Waals surface area (Å²) in [6.07, 6.45) is 3.72. The molecule has 1 saturated carbocycles. The standard InChI is InChI=1S/C15H28N2O3/c1-5-10-6-8-15(9-7-10,13(19)20)17-12(18)11(16)14(2,3)4/h10-11H,5-9,16H2,1-4H3,(H,17,18)(H,19,20)/t10?,11-,15?/m1/s1. The molecule has 0 aliphatic heterocycles. The fraction of sp³-hybridized carbons (Fsp3) is 0.867. The Morgan fingerprint density at radius 3 is 2.20 bits per heavy atom. The molecule has 0 unspecified atom stereocenters. The van der Waals surface area contributed by atoms with Gasteiger partial charge >= 0.3 is 5.97 Å². The van der Waals surface area contributed by atoms with Crippen LogP contribution in [0.3, 0.4) is 0 Å². The van der Waals surface area contributed by atoms with Gasteiger partial charge in [-0.25, -0.2) is 4.79 Å². The maximum atomic E-state index is 12.2. The molecule has 0 bridgehead atoms. The number of hydrogen-bond acceptors (Lipinski definition) is 3. The summed E-state index contributed by atoms with van der Waals surface area (Å²) in [4.78, 5) is 23.8. The molecular weight excluding hydrogens is 256 g/mol. The van der Waals surface area contributed by atoms with Crippen molar-refractivity contribution in [2.24, 2.45) is 17.1 Å². The molecule has 0 aromatic heterocycles. The molecule has 4 N–H and O–H groups in total. The van der Waals surface area contributed by atoms with E-state index in [4.69, 9.17) is 5.73 Å². The number of carboxylic acid groups (broad SMARTS) is 1. The lowest BCUT2D eigenvalue weighted by Crippen LogP contribution is -2.61. The molecule has 0 aromatic carbocycles. The topological polar surface area (TPSA) is 92.4 Å². The highest BCUT2D eigenvalue weighted by atomic mass is 16.4. The van der Waals surface area contributed by atoms with Crippen molar-refractivity contribution >= 4 is 11.9 Å². The molecule has 0 spiro atoms. The van der Waals surface area contributed by atoms with Crippen LogP contribution in [0.5, 0.6) is 0 Å². The van der Waals surface area contributed by atoms with Crippen LogP contribution >= 0.6 is 0 Å². The quantitative estimate of drug-likeness (QED) is 0.735. The van der Waals surface area contributed by atoms with E-state index in [9.17, 15) is 14.7 Å². The molecule has 116 valence electrons. The van der Waals surface area contributed by atoms with Gasteiger partial charge in [0.15, 0.2) is 0 Å². The molecule has 1 aliphatic rings. The summed E-state index contributed by atoms with van der Waals surface area (Å²) in [6, 6.07) is -0.706. The van der Waals surface area contributed by atoms with E-state index in [1.807, 2.05) is 20.8 Å². The third-order valence-corrected chi connectivity index (χ3v) is 4.52. The lowest BCUT2D eigenvalue weighted by atomic mass is 9.75. The van der Waals surface area contributed by atoms with Crippen molar-refractivity contribution in [1.82, 2.24) is 5.32 Å². The van der Waals surface area contributed by atoms with Crippen LogP contribution in [-0.4, -0.2) is 28.6 Å². The lowest BCUT2D eigenvalue weighted by molar-refractivity contribution is -0.150. The predicted octanol–water partition coefficient (Wildman–Crippen LogP) is 1.90. The van der Waals surface area contributed by atoms with Crippen molar-refractivity contribution in [3.05, 3.63) is 0 Å². The minimum Gasteiger partial charge on any atom is -0.480 e. The summed E-state index contributed by atoms with van der Waals surface area (Å²) in [7, 11) is 0. The number of carboxylic acids is 1. The van der Waals surface area contributed by atoms with Gasteiger partial charge in [-0.3, -0.25) is 4.79 Å². The Bertz CT molecular complexity index is 366. The molecule has 1 rings (SSSR count). The zero-order valence-corrected chi connectivity index (χ0v) is 13.0. The van der Waals surface area contributed by atoms with Gasteiger partial charge in [0.2, 0.25) is 5.91 Å². The van der Waals surface area contributed by atoms with Crippen LogP contribution in [0.1, 0.15) is 59.8 Å². The molecule has 0 saturated heterocycles. The van der Waals surface area contributed by atoms with Crippen molar-refractivity contribution in [3.63, 3.8) is 0 Å². The van der Waals surface area contributed by atoms with E-state index in [0.29, 0.717) is 18.8 Å². The van der Waals surface area contributed by atoms with Gasteiger partial charge in [-0.2, -0.15) is 0 Å². The SMILES string of the molecule is CCC1CCC(NC(=O)[C@@H](N)C(C)(C)C)(C(=O)O)CC1. The zero-order chi connectivity index (χ0) is 15.6. The van der Waals surface area contributed by atoms with E-state index in [1.54, 1.807) is 0 Å². The second-order valence-corrected chi connectivity index (χ2v) is 7.07. The first-order valence-electron chi connectivity index (χ1n) is 7.43. The van der Waals surface area contributed by atoms with Gasteiger partial charge < -0.3 is 16.2 Å². The van der Waals surface area contributed by atoms with Crippen molar-refractivity contribution in [2.45, 2.75) is 71.4 Å². The zero-order valence-electron chi connectivity index (χ0n) is 13.0. The Hall–Kier alpha value is -1.10. The number of carbonyl (C=O) groups excluding carboxylic acids is 1. The molecule has 1 amide bonds. The molecule has 0 aromatic rings. The second kappa shape index (κ2) is 6.12. The van der Waals surface area contributed by atoms with E-state index in [2.05, 4.69) is 12.2 Å². The third kappa shape index (κ3) is 3.72. The number of nitrogens with two attached hydrogens (primary N) is 1. The molecule has 0 radical (unpaired) electrons. The van der Waals surface area contributed by atoms with E-state index in [0.717, 1.165) is 19.3 Å². The van der Waals surface area contributed by atoms with E-state index in [-0.39, 0.29) is 11.3 Å². The summed E-state index contributed by atoms with van der Waals surface area (Å²) in [5.74, 6) is -0.743. The number of carbonyl (C=O) groups is 2. The normalized spacial score (nSPS) is 28.8. The number of rotatable bonds is 4. The Morgan fingerprint density at radius 1 is 1.35 bits per heavy atom. The van der Waals surface area contributed by atoms with E-state index < -0.39 is 17.6 Å². The van der Waals surface area contributed by atoms with Crippen LogP contribution in [-0.2, 0) is 9.59 Å². The van der Waals surface area contributed by atoms with Gasteiger partial charge in [-0.15, -0.1) is 0 Å². The van der Waals surface area contributed by atoms with Crippen molar-refractivity contribution in [3.8, 4) is 0 Å². The first-order valence-corrected chi connectivity index (χ1v) is 7.43. The fourth-order valence-electron chi connectivity index (χ4n) is 2.68. The third-order valence-electron chi connectivity index (χ3n) is 4.52. The van der Waals surface area contributed by atoms with Crippen LogP contribution in [0, 0.1) is 11.3 Å². The Kier molecular flexibility index (Phi) is 5.19. The highest BCUT2D eigenvalue weighted by molar-refractivity contribution is 5.90. The predicted molar refractivity (Wildman–Crippen MR) is 78.2 cm³/mol. The summed E-state index contributed by atoms with van der Waals surface area (Å²) >= 11 is 0. The summed E-state index contributed by atoms with van der Waals surface area (Å²) in [5, 5.41) is 12.2. The molecule has 1 atom stereocenters. The van der Waals surface area contributed by atoms with Crippen molar-refractivity contribution in [2.75, 3.05) is 0 Å². The highest BCUT2D eigenvalue weighted by Gasteiger charge is 2.44. The lowest BCUT2D eigenvalue weighted by Gasteiger charge is -2.39. The Labute approximate surface area is 121 Å². The van der Waals surface area contributed by atoms with Crippen LogP contribution in [0.15, 0.2) is 0 Å². The first-order chi connectivity index (χ1) is 9.12. The summed E-state index contributed by atoms with van der Waals surface area (Å²) < 4.78 is 0. The van der Waals surface area contributed by atoms with Crippen molar-refractivity contribution in [1.29, 1.82) is 0 Å². The van der Waals surface area contributed by atoms with Gasteiger partial charge in [0.1, 0.15) is 5.54 Å². The number of amides is 1.